The van der Waals surface area contributed by atoms with E-state index < -0.39 is 0 Å². The molecule has 1 unspecified atom stereocenters. The minimum Gasteiger partial charge on any atom is -0.378 e. The predicted octanol–water partition coefficient (Wildman–Crippen LogP) is 4.67. The molecule has 0 spiro atoms. The van der Waals surface area contributed by atoms with Crippen molar-refractivity contribution in [3.63, 3.8) is 0 Å². The summed E-state index contributed by atoms with van der Waals surface area (Å²) in [6.45, 7) is 4.32. The molecule has 0 fully saturated rings. The summed E-state index contributed by atoms with van der Waals surface area (Å²) in [6, 6.07) is 12.9. The molecular weight excluding hydrogens is 242 g/mol. The van der Waals surface area contributed by atoms with Gasteiger partial charge in [-0.25, -0.2) is 0 Å². The zero-order valence-corrected chi connectivity index (χ0v) is 11.4. The average molecular weight is 258 g/mol. The van der Waals surface area contributed by atoms with E-state index in [4.69, 9.17) is 11.6 Å². The third-order valence-electron chi connectivity index (χ3n) is 3.64. The highest BCUT2D eigenvalue weighted by Crippen LogP contribution is 2.38. The van der Waals surface area contributed by atoms with E-state index in [-0.39, 0.29) is 0 Å². The van der Waals surface area contributed by atoms with Crippen molar-refractivity contribution in [2.75, 3.05) is 5.32 Å². The molecule has 2 aromatic carbocycles. The number of nitrogens with one attached hydrogen (secondary N) is 1. The van der Waals surface area contributed by atoms with Crippen LogP contribution in [0.4, 0.5) is 5.69 Å². The Kier molecular flexibility index (Phi) is 2.79. The van der Waals surface area contributed by atoms with Crippen LogP contribution in [0.25, 0.3) is 0 Å². The Morgan fingerprint density at radius 1 is 1.17 bits per heavy atom. The van der Waals surface area contributed by atoms with E-state index in [9.17, 15) is 0 Å². The van der Waals surface area contributed by atoms with Crippen molar-refractivity contribution < 1.29 is 0 Å². The minimum absolute atomic E-state index is 0.300. The molecule has 0 radical (unpaired) electrons. The fraction of sp³-hybridized carbons (Fsp3) is 0.250. The molecule has 1 aliphatic rings. The van der Waals surface area contributed by atoms with Gasteiger partial charge in [0.25, 0.3) is 0 Å². The molecule has 0 saturated heterocycles. The van der Waals surface area contributed by atoms with Crippen LogP contribution in [0, 0.1) is 13.8 Å². The Morgan fingerprint density at radius 2 is 1.94 bits per heavy atom. The largest absolute Gasteiger partial charge is 0.378 e. The van der Waals surface area contributed by atoms with Gasteiger partial charge in [0.2, 0.25) is 0 Å². The second kappa shape index (κ2) is 4.33. The van der Waals surface area contributed by atoms with Crippen LogP contribution in [0.15, 0.2) is 36.4 Å². The maximum Gasteiger partial charge on any atom is 0.0569 e. The predicted molar refractivity (Wildman–Crippen MR) is 77.4 cm³/mol. The summed E-state index contributed by atoms with van der Waals surface area (Å²) in [4.78, 5) is 0. The van der Waals surface area contributed by atoms with Crippen molar-refractivity contribution in [2.45, 2.75) is 26.3 Å². The van der Waals surface area contributed by atoms with Crippen molar-refractivity contribution in [3.8, 4) is 0 Å². The minimum atomic E-state index is 0.300. The molecule has 1 N–H and O–H groups in total. The highest BCUT2D eigenvalue weighted by atomic mass is 35.5. The van der Waals surface area contributed by atoms with Crippen molar-refractivity contribution >= 4 is 17.3 Å². The van der Waals surface area contributed by atoms with Gasteiger partial charge in [-0.15, -0.1) is 0 Å². The number of hydrogen-bond donors (Lipinski definition) is 1. The maximum absolute atomic E-state index is 6.28. The summed E-state index contributed by atoms with van der Waals surface area (Å²) in [5.74, 6) is 0. The van der Waals surface area contributed by atoms with Crippen LogP contribution in [-0.4, -0.2) is 0 Å². The quantitative estimate of drug-likeness (QED) is 0.783. The van der Waals surface area contributed by atoms with Crippen molar-refractivity contribution in [3.05, 3.63) is 63.7 Å². The maximum atomic E-state index is 6.28. The summed E-state index contributed by atoms with van der Waals surface area (Å²) in [5.41, 5.74) is 6.54. The Morgan fingerprint density at radius 3 is 2.72 bits per heavy atom. The number of hydrogen-bond acceptors (Lipinski definition) is 1. The van der Waals surface area contributed by atoms with E-state index in [1.165, 1.54) is 27.9 Å². The first-order chi connectivity index (χ1) is 8.65. The molecule has 1 atom stereocenters. The van der Waals surface area contributed by atoms with Gasteiger partial charge >= 0.3 is 0 Å². The van der Waals surface area contributed by atoms with Gasteiger partial charge in [-0.1, -0.05) is 35.9 Å². The standard InChI is InChI=1S/C16H16ClN/c1-10-7-11(2)13-9-16(18-15(13)8-10)12-5-3-4-6-14(12)17/h3-8,16,18H,9H2,1-2H3. The SMILES string of the molecule is Cc1cc(C)c2c(c1)NC(c1ccccc1Cl)C2. The zero-order valence-electron chi connectivity index (χ0n) is 10.6. The van der Waals surface area contributed by atoms with Gasteiger partial charge in [0.15, 0.2) is 0 Å². The lowest BCUT2D eigenvalue weighted by Crippen LogP contribution is -2.06. The number of rotatable bonds is 1. The Hall–Kier alpha value is -1.47. The average Bonchev–Trinajstić information content (AvgIpc) is 2.73. The van der Waals surface area contributed by atoms with Crippen LogP contribution in [0.5, 0.6) is 0 Å². The Labute approximate surface area is 113 Å². The van der Waals surface area contributed by atoms with Gasteiger partial charge in [-0.05, 0) is 54.7 Å². The van der Waals surface area contributed by atoms with E-state index in [1.54, 1.807) is 0 Å². The van der Waals surface area contributed by atoms with Crippen LogP contribution in [0.3, 0.4) is 0 Å². The van der Waals surface area contributed by atoms with Crippen LogP contribution in [-0.2, 0) is 6.42 Å². The molecule has 92 valence electrons. The van der Waals surface area contributed by atoms with Gasteiger partial charge in [0, 0.05) is 10.7 Å². The molecule has 18 heavy (non-hydrogen) atoms. The first kappa shape index (κ1) is 11.6. The second-order valence-corrected chi connectivity index (χ2v) is 5.44. The second-order valence-electron chi connectivity index (χ2n) is 5.03. The Bertz CT molecular complexity index is 604. The van der Waals surface area contributed by atoms with Gasteiger partial charge in [-0.2, -0.15) is 0 Å². The number of halogens is 1. The molecule has 0 aliphatic carbocycles. The van der Waals surface area contributed by atoms with Crippen molar-refractivity contribution in [2.24, 2.45) is 0 Å². The molecule has 2 heteroatoms. The lowest BCUT2D eigenvalue weighted by atomic mass is 9.99. The van der Waals surface area contributed by atoms with Gasteiger partial charge in [0.1, 0.15) is 0 Å². The smallest absolute Gasteiger partial charge is 0.0569 e. The van der Waals surface area contributed by atoms with Gasteiger partial charge in [-0.3, -0.25) is 0 Å². The van der Waals surface area contributed by atoms with E-state index in [1.807, 2.05) is 18.2 Å². The fourth-order valence-electron chi connectivity index (χ4n) is 2.79. The van der Waals surface area contributed by atoms with E-state index in [0.29, 0.717) is 6.04 Å². The first-order valence-electron chi connectivity index (χ1n) is 6.26. The zero-order chi connectivity index (χ0) is 12.7. The monoisotopic (exact) mass is 257 g/mol. The van der Waals surface area contributed by atoms with Crippen LogP contribution in [0.2, 0.25) is 5.02 Å². The van der Waals surface area contributed by atoms with Gasteiger partial charge < -0.3 is 5.32 Å². The molecule has 1 aliphatic heterocycles. The number of aryl methyl sites for hydroxylation is 2. The molecule has 1 heterocycles. The van der Waals surface area contributed by atoms with E-state index >= 15 is 0 Å². The van der Waals surface area contributed by atoms with Crippen molar-refractivity contribution in [1.82, 2.24) is 0 Å². The van der Waals surface area contributed by atoms with E-state index in [2.05, 4.69) is 37.4 Å². The molecular formula is C16H16ClN. The lowest BCUT2D eigenvalue weighted by molar-refractivity contribution is 0.821. The van der Waals surface area contributed by atoms with E-state index in [0.717, 1.165) is 11.4 Å². The molecule has 0 aromatic heterocycles. The third-order valence-corrected chi connectivity index (χ3v) is 3.98. The number of fused-ring (bicyclic) bond motifs is 1. The molecule has 0 saturated carbocycles. The third kappa shape index (κ3) is 1.89. The highest BCUT2D eigenvalue weighted by Gasteiger charge is 2.24. The van der Waals surface area contributed by atoms with Crippen LogP contribution in [0.1, 0.15) is 28.3 Å². The number of anilines is 1. The number of benzene rings is 2. The lowest BCUT2D eigenvalue weighted by Gasteiger charge is -2.13. The molecule has 0 bridgehead atoms. The van der Waals surface area contributed by atoms with Gasteiger partial charge in [0.05, 0.1) is 6.04 Å². The normalized spacial score (nSPS) is 17.4. The summed E-state index contributed by atoms with van der Waals surface area (Å²) in [6.07, 6.45) is 1.02. The fourth-order valence-corrected chi connectivity index (χ4v) is 3.05. The first-order valence-corrected chi connectivity index (χ1v) is 6.64. The van der Waals surface area contributed by atoms with Crippen molar-refractivity contribution in [1.29, 1.82) is 0 Å². The summed E-state index contributed by atoms with van der Waals surface area (Å²) < 4.78 is 0. The van der Waals surface area contributed by atoms with Crippen LogP contribution >= 0.6 is 11.6 Å². The molecule has 2 aromatic rings. The molecule has 3 rings (SSSR count). The van der Waals surface area contributed by atoms with Crippen LogP contribution < -0.4 is 5.32 Å². The summed E-state index contributed by atoms with van der Waals surface area (Å²) in [7, 11) is 0. The summed E-state index contributed by atoms with van der Waals surface area (Å²) >= 11 is 6.28. The summed E-state index contributed by atoms with van der Waals surface area (Å²) in [5, 5.41) is 4.43. The molecule has 1 nitrogen and oxygen atoms in total. The molecule has 0 amide bonds. The Balaban J connectivity index is 1.99. The topological polar surface area (TPSA) is 12.0 Å². The highest BCUT2D eigenvalue weighted by molar-refractivity contribution is 6.31.